The Hall–Kier alpha value is -3.45. The van der Waals surface area contributed by atoms with Crippen LogP contribution in [-0.2, 0) is 57.1 Å². The smallest absolute Gasteiger partial charge is 0.329 e. The molecule has 3 fully saturated rings. The van der Waals surface area contributed by atoms with Crippen molar-refractivity contribution < 1.29 is 72.5 Å². The van der Waals surface area contributed by atoms with E-state index in [0.29, 0.717) is 83.2 Å². The van der Waals surface area contributed by atoms with Crippen LogP contribution in [0.2, 0.25) is 0 Å². The summed E-state index contributed by atoms with van der Waals surface area (Å²) in [5.41, 5.74) is 1.23. The molecule has 2 bridgehead atoms. The number of hydrogen-bond acceptors (Lipinski definition) is 15. The molecule has 402 valence electrons. The number of rotatable bonds is 12. The Balaban J connectivity index is 1.71. The van der Waals surface area contributed by atoms with Gasteiger partial charge >= 0.3 is 5.97 Å². The highest BCUT2D eigenvalue weighted by Gasteiger charge is 2.53. The minimum absolute atomic E-state index is 0.00618. The largest absolute Gasteiger partial charge is 0.460 e. The first kappa shape index (κ1) is 60.1. The average molecular weight is 1000 g/mol. The summed E-state index contributed by atoms with van der Waals surface area (Å²) in [6.45, 7) is 14.1. The van der Waals surface area contributed by atoms with Gasteiger partial charge in [-0.15, -0.1) is 0 Å². The van der Waals surface area contributed by atoms with Gasteiger partial charge in [0, 0.05) is 58.5 Å². The van der Waals surface area contributed by atoms with Gasteiger partial charge in [0.05, 0.1) is 50.8 Å². The molecule has 0 aromatic heterocycles. The number of amides is 1. The number of fused-ring (bicyclic) bond motifs is 3. The highest BCUT2D eigenvalue weighted by atomic mass is 16.6. The van der Waals surface area contributed by atoms with Gasteiger partial charge in [-0.2, -0.15) is 0 Å². The summed E-state index contributed by atoms with van der Waals surface area (Å²) < 4.78 is 40.8. The predicted octanol–water partition coefficient (Wildman–Crippen LogP) is 6.21. The van der Waals surface area contributed by atoms with E-state index in [1.54, 1.807) is 41.1 Å². The first-order valence-corrected chi connectivity index (χ1v) is 26.1. The molecular formula is C55H87NO15. The summed E-state index contributed by atoms with van der Waals surface area (Å²) in [5.74, 6) is -8.18. The fourth-order valence-corrected chi connectivity index (χ4v) is 10.5. The van der Waals surface area contributed by atoms with E-state index >= 15 is 0 Å². The van der Waals surface area contributed by atoms with Crippen LogP contribution in [0, 0.1) is 35.5 Å². The molecule has 0 aromatic carbocycles. The number of esters is 1. The topological polar surface area (TPSA) is 214 Å². The van der Waals surface area contributed by atoms with Gasteiger partial charge in [0.1, 0.15) is 30.1 Å². The summed E-state index contributed by atoms with van der Waals surface area (Å²) in [4.78, 5) is 72.4. The van der Waals surface area contributed by atoms with E-state index in [4.69, 9.17) is 33.2 Å². The van der Waals surface area contributed by atoms with E-state index in [0.717, 1.165) is 5.57 Å². The molecule has 2 saturated heterocycles. The van der Waals surface area contributed by atoms with Gasteiger partial charge in [0.15, 0.2) is 5.78 Å². The van der Waals surface area contributed by atoms with Crippen LogP contribution in [-0.4, -0.2) is 158 Å². The molecular weight excluding hydrogens is 915 g/mol. The quantitative estimate of drug-likeness (QED) is 0.0858. The molecule has 16 nitrogen and oxygen atoms in total. The molecule has 1 saturated carbocycles. The van der Waals surface area contributed by atoms with Crippen molar-refractivity contribution >= 4 is 29.2 Å². The van der Waals surface area contributed by atoms with Crippen LogP contribution in [0.4, 0.5) is 0 Å². The van der Waals surface area contributed by atoms with E-state index in [1.165, 1.54) is 12.0 Å². The molecule has 3 N–H and O–H groups in total. The van der Waals surface area contributed by atoms with Gasteiger partial charge in [-0.1, -0.05) is 71.1 Å². The van der Waals surface area contributed by atoms with Crippen LogP contribution in [0.3, 0.4) is 0 Å². The van der Waals surface area contributed by atoms with Crippen LogP contribution < -0.4 is 0 Å². The molecule has 15 atom stereocenters. The minimum atomic E-state index is -2.47. The van der Waals surface area contributed by atoms with Crippen molar-refractivity contribution in [3.8, 4) is 0 Å². The van der Waals surface area contributed by atoms with Gasteiger partial charge in [-0.3, -0.25) is 19.2 Å². The Morgan fingerprint density at radius 1 is 0.831 bits per heavy atom. The lowest BCUT2D eigenvalue weighted by atomic mass is 9.78. The second kappa shape index (κ2) is 29.4. The SMILES string of the molecule is COCCOCCO[C@H]1C[C@@H]2CC[C@@H](C)[C@@](O)(O2)C(=O)C(=O)N2CCCC[C@H]2C(=O)O[C@H]([C@H](C)C[C@@H]2CC[C@@H](O)[C@H](OC)C2)CC(=O)[C@H](C)/C=C(\C)[C@@H](O)[C@@H](OC)C(=O)[C@H](C)C[C@H](C)/C=C/C=CC=C1C. The Kier molecular flexibility index (Phi) is 24.9. The van der Waals surface area contributed by atoms with E-state index in [-0.39, 0.29) is 67.8 Å². The molecule has 1 amide bonds. The molecule has 0 spiro atoms. The zero-order valence-electron chi connectivity index (χ0n) is 44.3. The summed E-state index contributed by atoms with van der Waals surface area (Å²) in [7, 11) is 4.54. The van der Waals surface area contributed by atoms with Crippen LogP contribution in [0.5, 0.6) is 0 Å². The van der Waals surface area contributed by atoms with Gasteiger partial charge in [-0.25, -0.2) is 4.79 Å². The lowest BCUT2D eigenvalue weighted by Gasteiger charge is -2.43. The molecule has 0 radical (unpaired) electrons. The summed E-state index contributed by atoms with van der Waals surface area (Å²) in [5, 5.41) is 34.1. The number of Topliss-reactive ketones (excluding diaryl/α,β-unsaturated/α-hetero) is 3. The molecule has 0 aromatic rings. The number of nitrogens with zero attached hydrogens (tertiary/aromatic N) is 1. The van der Waals surface area contributed by atoms with Crippen molar-refractivity contribution in [2.24, 2.45) is 35.5 Å². The van der Waals surface area contributed by atoms with Gasteiger partial charge in [-0.05, 0) is 107 Å². The van der Waals surface area contributed by atoms with Gasteiger partial charge in [0.25, 0.3) is 11.7 Å². The summed E-state index contributed by atoms with van der Waals surface area (Å²) >= 11 is 0. The normalized spacial score (nSPS) is 36.8. The number of hydrogen-bond donors (Lipinski definition) is 3. The van der Waals surface area contributed by atoms with E-state index in [1.807, 2.05) is 58.1 Å². The molecule has 4 aliphatic rings. The van der Waals surface area contributed by atoms with Crippen molar-refractivity contribution in [2.45, 2.75) is 180 Å². The third-order valence-electron chi connectivity index (χ3n) is 15.2. The molecule has 1 aliphatic carbocycles. The van der Waals surface area contributed by atoms with Gasteiger partial charge < -0.3 is 53.4 Å². The Morgan fingerprint density at radius 3 is 2.27 bits per heavy atom. The number of aliphatic hydroxyl groups excluding tert-OH is 2. The number of aliphatic hydroxyl groups is 3. The predicted molar refractivity (Wildman–Crippen MR) is 267 cm³/mol. The van der Waals surface area contributed by atoms with E-state index in [2.05, 4.69) is 0 Å². The maximum Gasteiger partial charge on any atom is 0.329 e. The van der Waals surface area contributed by atoms with Crippen molar-refractivity contribution in [3.05, 3.63) is 47.6 Å². The summed E-state index contributed by atoms with van der Waals surface area (Å²) in [6.07, 6.45) is 10.7. The summed E-state index contributed by atoms with van der Waals surface area (Å²) in [6, 6.07) is -1.16. The number of cyclic esters (lactones) is 1. The number of allylic oxidation sites excluding steroid dienone is 6. The van der Waals surface area contributed by atoms with Crippen molar-refractivity contribution in [3.63, 3.8) is 0 Å². The monoisotopic (exact) mass is 1000 g/mol. The van der Waals surface area contributed by atoms with Crippen molar-refractivity contribution in [2.75, 3.05) is 54.3 Å². The van der Waals surface area contributed by atoms with Gasteiger partial charge in [0.2, 0.25) is 5.79 Å². The Bertz CT molecular complexity index is 1860. The second-order valence-corrected chi connectivity index (χ2v) is 20.8. The zero-order chi connectivity index (χ0) is 52.4. The number of methoxy groups -OCH3 is 3. The molecule has 3 heterocycles. The van der Waals surface area contributed by atoms with Crippen LogP contribution >= 0.6 is 0 Å². The first-order chi connectivity index (χ1) is 33.7. The fraction of sp³-hybridized carbons (Fsp3) is 0.764. The third-order valence-corrected chi connectivity index (χ3v) is 15.2. The molecule has 16 heteroatoms. The third kappa shape index (κ3) is 17.3. The van der Waals surface area contributed by atoms with Crippen molar-refractivity contribution in [1.82, 2.24) is 4.90 Å². The average Bonchev–Trinajstić information content (AvgIpc) is 3.34. The molecule has 4 rings (SSSR count). The Morgan fingerprint density at radius 2 is 1.56 bits per heavy atom. The highest BCUT2D eigenvalue weighted by Crippen LogP contribution is 2.38. The number of carbonyl (C=O) groups excluding carboxylic acids is 5. The molecule has 3 aliphatic heterocycles. The first-order valence-electron chi connectivity index (χ1n) is 26.1. The second-order valence-electron chi connectivity index (χ2n) is 20.8. The Labute approximate surface area is 422 Å². The number of ketones is 3. The molecule has 71 heavy (non-hydrogen) atoms. The molecule has 0 unspecified atom stereocenters. The highest BCUT2D eigenvalue weighted by molar-refractivity contribution is 6.39. The lowest BCUT2D eigenvalue weighted by molar-refractivity contribution is -0.266. The van der Waals surface area contributed by atoms with Crippen LogP contribution in [0.15, 0.2) is 47.6 Å². The maximum atomic E-state index is 14.5. The van der Waals surface area contributed by atoms with Crippen LogP contribution in [0.1, 0.15) is 126 Å². The standard InChI is InChI=1S/C55H87NO15/c1-34-16-12-11-13-17-35(2)46(69-27-26-68-25-24-65-8)32-42-21-19-40(7)55(64,71-42)52(61)53(62)56-23-15-14-18-43(56)54(63)70-47(37(4)30-41-20-22-44(57)48(31-41)66-9)33-45(58)36(3)29-39(6)50(60)51(67-10)49(59)38(5)28-34/h11-13,16-17,29,34,36-38,40-44,46-48,50-51,57,60,64H,14-15,18-28,30-33H2,1-10H3/b13-11?,16-12+,35-17?,39-29+/t34-,36-,37-,38-,40-,41+,42+,43+,44-,46+,47+,48-,50-,51+,55-/m1/s1. The number of piperidine rings is 1. The van der Waals surface area contributed by atoms with Crippen molar-refractivity contribution in [1.29, 1.82) is 0 Å². The number of carbonyl (C=O) groups is 5. The van der Waals surface area contributed by atoms with Crippen LogP contribution in [0.25, 0.3) is 0 Å². The lowest BCUT2D eigenvalue weighted by Crippen LogP contribution is -2.61. The zero-order valence-corrected chi connectivity index (χ0v) is 44.3. The number of ether oxygens (including phenoxy) is 7. The fourth-order valence-electron chi connectivity index (χ4n) is 10.5. The minimum Gasteiger partial charge on any atom is -0.460 e. The van der Waals surface area contributed by atoms with E-state index in [9.17, 15) is 39.3 Å². The maximum absolute atomic E-state index is 14.5. The van der Waals surface area contributed by atoms with E-state index < -0.39 is 83.9 Å².